The van der Waals surface area contributed by atoms with Crippen LogP contribution in [-0.2, 0) is 16.8 Å². The van der Waals surface area contributed by atoms with E-state index >= 15 is 0 Å². The number of β-amino-alcohol motifs (C(OH)–C–C–N with tert-alkyl or cyclic N) is 1. The number of alkyl halides is 2. The van der Waals surface area contributed by atoms with Gasteiger partial charge in [0.2, 0.25) is 5.91 Å². The minimum Gasteiger partial charge on any atom is -0.395 e. The normalized spacial score (nSPS) is 23.5. The number of benzene rings is 1. The lowest BCUT2D eigenvalue weighted by molar-refractivity contribution is -0.286. The second kappa shape index (κ2) is 6.86. The van der Waals surface area contributed by atoms with Crippen molar-refractivity contribution < 1.29 is 28.2 Å². The van der Waals surface area contributed by atoms with Crippen molar-refractivity contribution in [3.63, 3.8) is 0 Å². The Morgan fingerprint density at radius 1 is 1.37 bits per heavy atom. The van der Waals surface area contributed by atoms with Gasteiger partial charge in [0, 0.05) is 24.5 Å². The number of halogens is 2. The minimum atomic E-state index is -3.68. The van der Waals surface area contributed by atoms with Crippen molar-refractivity contribution >= 4 is 22.4 Å². The Morgan fingerprint density at radius 3 is 2.83 bits per heavy atom. The van der Waals surface area contributed by atoms with E-state index in [0.29, 0.717) is 36.6 Å². The van der Waals surface area contributed by atoms with Crippen LogP contribution in [-0.4, -0.2) is 46.4 Å². The lowest BCUT2D eigenvalue weighted by Crippen LogP contribution is -2.27. The van der Waals surface area contributed by atoms with Crippen molar-refractivity contribution in [2.24, 2.45) is 0 Å². The Bertz CT molecular complexity index is 1010. The van der Waals surface area contributed by atoms with Crippen LogP contribution in [0.15, 0.2) is 18.2 Å². The number of carbonyl (C=O) groups is 1. The standard InChI is InChI=1S/C20H21F2N3O4S/c1-11-16(10-25-7-4-13(26)9-25)30-18(23-11)24-17(27)19(5-6-19)12-2-3-14-15(8-12)29-20(21,22)28-14/h2-3,8,13,26H,4-7,9-10H2,1H3,(H,23,24,27)/t13-/m0/s1. The molecule has 7 nitrogen and oxygen atoms in total. The predicted octanol–water partition coefficient (Wildman–Crippen LogP) is 3.01. The van der Waals surface area contributed by atoms with Crippen LogP contribution in [0.5, 0.6) is 11.5 Å². The van der Waals surface area contributed by atoms with Gasteiger partial charge in [0.15, 0.2) is 16.6 Å². The van der Waals surface area contributed by atoms with E-state index in [2.05, 4.69) is 24.7 Å². The van der Waals surface area contributed by atoms with Gasteiger partial charge in [-0.2, -0.15) is 0 Å². The average molecular weight is 437 g/mol. The van der Waals surface area contributed by atoms with E-state index in [0.717, 1.165) is 23.5 Å². The molecule has 5 rings (SSSR count). The highest BCUT2D eigenvalue weighted by Gasteiger charge is 2.53. The number of aliphatic hydroxyl groups excluding tert-OH is 1. The third kappa shape index (κ3) is 3.52. The number of carbonyl (C=O) groups excluding carboxylic acids is 1. The summed E-state index contributed by atoms with van der Waals surface area (Å²) in [6.45, 7) is 4.08. The number of nitrogens with one attached hydrogen (secondary N) is 1. The van der Waals surface area contributed by atoms with E-state index in [9.17, 15) is 18.7 Å². The first-order valence-electron chi connectivity index (χ1n) is 9.83. The zero-order chi connectivity index (χ0) is 21.1. The minimum absolute atomic E-state index is 0.0350. The van der Waals surface area contributed by atoms with Crippen LogP contribution in [0.1, 0.15) is 35.4 Å². The van der Waals surface area contributed by atoms with Gasteiger partial charge in [-0.1, -0.05) is 6.07 Å². The summed E-state index contributed by atoms with van der Waals surface area (Å²) < 4.78 is 35.5. The number of likely N-dealkylation sites (tertiary alicyclic amines) is 1. The Hall–Kier alpha value is -2.30. The van der Waals surface area contributed by atoms with Crippen LogP contribution in [0.4, 0.5) is 13.9 Å². The first-order valence-corrected chi connectivity index (χ1v) is 10.6. The Labute approximate surface area is 175 Å². The number of ether oxygens (including phenoxy) is 2. The summed E-state index contributed by atoms with van der Waals surface area (Å²) in [5.74, 6) is -0.297. The Balaban J connectivity index is 1.30. The van der Waals surface area contributed by atoms with Gasteiger partial charge in [0.1, 0.15) is 0 Å². The molecule has 3 aliphatic rings. The number of nitrogens with zero attached hydrogens (tertiary/aromatic N) is 2. The summed E-state index contributed by atoms with van der Waals surface area (Å²) in [5, 5.41) is 13.1. The van der Waals surface area contributed by atoms with Crippen LogP contribution < -0.4 is 14.8 Å². The average Bonchev–Trinajstić information content (AvgIpc) is 3.15. The van der Waals surface area contributed by atoms with E-state index in [1.54, 1.807) is 6.07 Å². The quantitative estimate of drug-likeness (QED) is 0.748. The molecule has 2 aliphatic heterocycles. The van der Waals surface area contributed by atoms with Gasteiger partial charge < -0.3 is 19.9 Å². The largest absolute Gasteiger partial charge is 0.586 e. The molecule has 1 amide bonds. The van der Waals surface area contributed by atoms with Gasteiger partial charge in [0.05, 0.1) is 17.2 Å². The van der Waals surface area contributed by atoms with Crippen molar-refractivity contribution in [3.8, 4) is 11.5 Å². The first kappa shape index (κ1) is 19.7. The molecule has 0 bridgehead atoms. The second-order valence-electron chi connectivity index (χ2n) is 8.07. The zero-order valence-corrected chi connectivity index (χ0v) is 17.1. The molecule has 1 saturated heterocycles. The maximum Gasteiger partial charge on any atom is 0.586 e. The number of amides is 1. The van der Waals surface area contributed by atoms with Crippen LogP contribution in [0.25, 0.3) is 0 Å². The number of fused-ring (bicyclic) bond motifs is 1. The molecule has 1 aromatic heterocycles. The number of aromatic nitrogens is 1. The molecule has 2 aromatic rings. The molecule has 0 radical (unpaired) electrons. The highest BCUT2D eigenvalue weighted by atomic mass is 32.1. The van der Waals surface area contributed by atoms with E-state index < -0.39 is 11.7 Å². The Morgan fingerprint density at radius 2 is 2.13 bits per heavy atom. The summed E-state index contributed by atoms with van der Waals surface area (Å²) in [6, 6.07) is 4.50. The van der Waals surface area contributed by atoms with Gasteiger partial charge >= 0.3 is 6.29 Å². The summed E-state index contributed by atoms with van der Waals surface area (Å²) in [4.78, 5) is 20.7. The van der Waals surface area contributed by atoms with E-state index in [1.165, 1.54) is 23.5 Å². The molecule has 1 aliphatic carbocycles. The van der Waals surface area contributed by atoms with Gasteiger partial charge in [-0.25, -0.2) is 4.98 Å². The summed E-state index contributed by atoms with van der Waals surface area (Å²) in [7, 11) is 0. The second-order valence-corrected chi connectivity index (χ2v) is 9.15. The molecule has 2 fully saturated rings. The molecule has 1 atom stereocenters. The van der Waals surface area contributed by atoms with Crippen molar-refractivity contribution in [2.75, 3.05) is 18.4 Å². The molecular weight excluding hydrogens is 416 g/mol. The predicted molar refractivity (Wildman–Crippen MR) is 105 cm³/mol. The lowest BCUT2D eigenvalue weighted by Gasteiger charge is -2.15. The number of aryl methyl sites for hydroxylation is 1. The monoisotopic (exact) mass is 437 g/mol. The van der Waals surface area contributed by atoms with Gasteiger partial charge in [-0.05, 0) is 43.9 Å². The maximum atomic E-state index is 13.3. The highest BCUT2D eigenvalue weighted by Crippen LogP contribution is 2.52. The number of anilines is 1. The summed E-state index contributed by atoms with van der Waals surface area (Å²) >= 11 is 1.42. The molecule has 1 aromatic carbocycles. The van der Waals surface area contributed by atoms with Crippen LogP contribution in [0.3, 0.4) is 0 Å². The molecule has 0 unspecified atom stereocenters. The first-order chi connectivity index (χ1) is 14.2. The molecule has 1 saturated carbocycles. The van der Waals surface area contributed by atoms with Gasteiger partial charge in [0.25, 0.3) is 0 Å². The fraction of sp³-hybridized carbons (Fsp3) is 0.500. The van der Waals surface area contributed by atoms with Crippen molar-refractivity contribution in [2.45, 2.75) is 50.5 Å². The maximum absolute atomic E-state index is 13.3. The van der Waals surface area contributed by atoms with Crippen LogP contribution in [0, 0.1) is 6.92 Å². The highest BCUT2D eigenvalue weighted by molar-refractivity contribution is 7.15. The zero-order valence-electron chi connectivity index (χ0n) is 16.3. The molecule has 10 heteroatoms. The van der Waals surface area contributed by atoms with Gasteiger partial charge in [-0.3, -0.25) is 9.69 Å². The number of thiazole rings is 1. The lowest BCUT2D eigenvalue weighted by atomic mass is 9.94. The van der Waals surface area contributed by atoms with Crippen molar-refractivity contribution in [1.82, 2.24) is 9.88 Å². The summed E-state index contributed by atoms with van der Waals surface area (Å²) in [6.07, 6.45) is -1.95. The van der Waals surface area contributed by atoms with E-state index in [-0.39, 0.29) is 23.5 Å². The number of hydrogen-bond acceptors (Lipinski definition) is 7. The van der Waals surface area contributed by atoms with Crippen molar-refractivity contribution in [3.05, 3.63) is 34.3 Å². The number of hydrogen-bond donors (Lipinski definition) is 2. The fourth-order valence-corrected chi connectivity index (χ4v) is 5.02. The molecule has 0 spiro atoms. The molecular formula is C20H21F2N3O4S. The molecule has 160 valence electrons. The Kier molecular flexibility index (Phi) is 4.49. The fourth-order valence-electron chi connectivity index (χ4n) is 4.02. The van der Waals surface area contributed by atoms with Crippen LogP contribution in [0.2, 0.25) is 0 Å². The topological polar surface area (TPSA) is 83.9 Å². The molecule has 2 N–H and O–H groups in total. The van der Waals surface area contributed by atoms with E-state index in [4.69, 9.17) is 0 Å². The van der Waals surface area contributed by atoms with Crippen LogP contribution >= 0.6 is 11.3 Å². The molecule has 30 heavy (non-hydrogen) atoms. The van der Waals surface area contributed by atoms with Gasteiger partial charge in [-0.15, -0.1) is 20.1 Å². The smallest absolute Gasteiger partial charge is 0.395 e. The number of aliphatic hydroxyl groups is 1. The van der Waals surface area contributed by atoms with Crippen molar-refractivity contribution in [1.29, 1.82) is 0 Å². The van der Waals surface area contributed by atoms with E-state index in [1.807, 2.05) is 6.92 Å². The number of rotatable bonds is 5. The molecule has 3 heterocycles. The SMILES string of the molecule is Cc1nc(NC(=O)C2(c3ccc4c(c3)OC(F)(F)O4)CC2)sc1CN1CC[C@H](O)C1. The third-order valence-electron chi connectivity index (χ3n) is 5.87. The summed E-state index contributed by atoms with van der Waals surface area (Å²) in [5.41, 5.74) is 0.709. The third-order valence-corrected chi connectivity index (χ3v) is 6.92.